The molecule has 0 spiro atoms. The first-order chi connectivity index (χ1) is 11.1. The first-order valence-electron chi connectivity index (χ1n) is 7.04. The van der Waals surface area contributed by atoms with Crippen molar-refractivity contribution in [1.29, 1.82) is 0 Å². The summed E-state index contributed by atoms with van der Waals surface area (Å²) in [5.41, 5.74) is 0.518. The van der Waals surface area contributed by atoms with Gasteiger partial charge in [-0.3, -0.25) is 9.59 Å². The average Bonchev–Trinajstić information content (AvgIpc) is 2.54. The molecule has 23 heavy (non-hydrogen) atoms. The lowest BCUT2D eigenvalue weighted by atomic mass is 10.2. The zero-order valence-electron chi connectivity index (χ0n) is 12.5. The highest BCUT2D eigenvalue weighted by molar-refractivity contribution is 8.00. The van der Waals surface area contributed by atoms with Crippen molar-refractivity contribution in [2.24, 2.45) is 0 Å². The minimum absolute atomic E-state index is 0.0166. The van der Waals surface area contributed by atoms with Crippen LogP contribution in [0, 0.1) is 5.82 Å². The summed E-state index contributed by atoms with van der Waals surface area (Å²) in [6, 6.07) is 12.8. The normalized spacial score (nSPS) is 10.2. The number of nitrogens with one attached hydrogen (secondary N) is 1. The molecule has 0 atom stereocenters. The standard InChI is InChI=1S/C17H16FNO3S/c1-2-22-16(20)11-23-13-7-5-6-12(10-13)19-17(21)14-8-3-4-9-15(14)18/h3-10H,2,11H2,1H3,(H,19,21). The Morgan fingerprint density at radius 1 is 1.17 bits per heavy atom. The molecule has 2 aromatic rings. The summed E-state index contributed by atoms with van der Waals surface area (Å²) in [4.78, 5) is 24.2. The Morgan fingerprint density at radius 3 is 2.70 bits per heavy atom. The van der Waals surface area contributed by atoms with Crippen LogP contribution in [0.4, 0.5) is 10.1 Å². The van der Waals surface area contributed by atoms with Crippen molar-refractivity contribution in [3.8, 4) is 0 Å². The second-order valence-corrected chi connectivity index (χ2v) is 5.60. The van der Waals surface area contributed by atoms with Crippen LogP contribution in [-0.4, -0.2) is 24.2 Å². The number of anilines is 1. The first kappa shape index (κ1) is 17.0. The predicted molar refractivity (Wildman–Crippen MR) is 88.2 cm³/mol. The van der Waals surface area contributed by atoms with E-state index in [1.165, 1.54) is 30.0 Å². The number of amides is 1. The molecule has 1 N–H and O–H groups in total. The van der Waals surface area contributed by atoms with Gasteiger partial charge in [0.1, 0.15) is 5.82 Å². The molecule has 0 aliphatic carbocycles. The van der Waals surface area contributed by atoms with Crippen molar-refractivity contribution in [3.63, 3.8) is 0 Å². The summed E-state index contributed by atoms with van der Waals surface area (Å²) in [5.74, 6) is -1.19. The largest absolute Gasteiger partial charge is 0.465 e. The van der Waals surface area contributed by atoms with Gasteiger partial charge >= 0.3 is 5.97 Å². The fraction of sp³-hybridized carbons (Fsp3) is 0.176. The summed E-state index contributed by atoms with van der Waals surface area (Å²) in [7, 11) is 0. The highest BCUT2D eigenvalue weighted by Gasteiger charge is 2.11. The molecule has 0 radical (unpaired) electrons. The van der Waals surface area contributed by atoms with Crippen molar-refractivity contribution in [2.45, 2.75) is 11.8 Å². The van der Waals surface area contributed by atoms with Gasteiger partial charge in [0, 0.05) is 10.6 Å². The lowest BCUT2D eigenvalue weighted by Crippen LogP contribution is -2.13. The maximum Gasteiger partial charge on any atom is 0.316 e. The molecule has 2 aromatic carbocycles. The number of hydrogen-bond donors (Lipinski definition) is 1. The lowest BCUT2D eigenvalue weighted by Gasteiger charge is -2.08. The minimum Gasteiger partial charge on any atom is -0.465 e. The lowest BCUT2D eigenvalue weighted by molar-refractivity contribution is -0.139. The molecule has 0 bridgehead atoms. The second kappa shape index (κ2) is 8.33. The molecule has 2 rings (SSSR count). The first-order valence-corrected chi connectivity index (χ1v) is 8.03. The Morgan fingerprint density at radius 2 is 1.96 bits per heavy atom. The maximum atomic E-state index is 13.6. The van der Waals surface area contributed by atoms with Crippen molar-refractivity contribution >= 4 is 29.3 Å². The fourth-order valence-electron chi connectivity index (χ4n) is 1.85. The van der Waals surface area contributed by atoms with E-state index in [0.717, 1.165) is 4.90 Å². The molecule has 0 unspecified atom stereocenters. The molecule has 0 saturated carbocycles. The molecule has 0 aliphatic heterocycles. The minimum atomic E-state index is -0.571. The van der Waals surface area contributed by atoms with Gasteiger partial charge in [-0.15, -0.1) is 11.8 Å². The number of carbonyl (C=O) groups excluding carboxylic acids is 2. The molecule has 1 amide bonds. The van der Waals surface area contributed by atoms with Crippen LogP contribution < -0.4 is 5.32 Å². The Kier molecular flexibility index (Phi) is 6.17. The van der Waals surface area contributed by atoms with Gasteiger partial charge in [0.05, 0.1) is 17.9 Å². The van der Waals surface area contributed by atoms with Crippen molar-refractivity contribution in [3.05, 3.63) is 59.9 Å². The van der Waals surface area contributed by atoms with Gasteiger partial charge in [-0.2, -0.15) is 0 Å². The van der Waals surface area contributed by atoms with E-state index in [1.54, 1.807) is 31.2 Å². The number of halogens is 1. The zero-order chi connectivity index (χ0) is 16.7. The fourth-order valence-corrected chi connectivity index (χ4v) is 2.61. The van der Waals surface area contributed by atoms with Gasteiger partial charge in [0.25, 0.3) is 5.91 Å². The van der Waals surface area contributed by atoms with E-state index in [0.29, 0.717) is 12.3 Å². The Bertz CT molecular complexity index is 706. The zero-order valence-corrected chi connectivity index (χ0v) is 13.4. The molecule has 120 valence electrons. The van der Waals surface area contributed by atoms with Crippen LogP contribution in [0.2, 0.25) is 0 Å². The van der Waals surface area contributed by atoms with Gasteiger partial charge < -0.3 is 10.1 Å². The quantitative estimate of drug-likeness (QED) is 0.646. The molecule has 0 fully saturated rings. The van der Waals surface area contributed by atoms with Crippen LogP contribution >= 0.6 is 11.8 Å². The van der Waals surface area contributed by atoms with Crippen molar-refractivity contribution in [2.75, 3.05) is 17.7 Å². The number of benzene rings is 2. The third-order valence-electron chi connectivity index (χ3n) is 2.87. The van der Waals surface area contributed by atoms with Gasteiger partial charge in [0.15, 0.2) is 0 Å². The molecule has 6 heteroatoms. The summed E-state index contributed by atoms with van der Waals surface area (Å²) < 4.78 is 18.4. The van der Waals surface area contributed by atoms with E-state index >= 15 is 0 Å². The number of esters is 1. The maximum absolute atomic E-state index is 13.6. The number of hydrogen-bond acceptors (Lipinski definition) is 4. The molecule has 4 nitrogen and oxygen atoms in total. The SMILES string of the molecule is CCOC(=O)CSc1cccc(NC(=O)c2ccccc2F)c1. The van der Waals surface area contributed by atoms with Crippen LogP contribution in [0.5, 0.6) is 0 Å². The van der Waals surface area contributed by atoms with Crippen LogP contribution in [0.25, 0.3) is 0 Å². The molecule has 0 heterocycles. The molecule has 0 aliphatic rings. The number of rotatable bonds is 6. The van der Waals surface area contributed by atoms with Crippen LogP contribution in [0.15, 0.2) is 53.4 Å². The van der Waals surface area contributed by atoms with Gasteiger partial charge in [-0.25, -0.2) is 4.39 Å². The Labute approximate surface area is 138 Å². The molecular weight excluding hydrogens is 317 g/mol. The van der Waals surface area contributed by atoms with Gasteiger partial charge in [-0.05, 0) is 37.3 Å². The smallest absolute Gasteiger partial charge is 0.316 e. The van der Waals surface area contributed by atoms with E-state index in [9.17, 15) is 14.0 Å². The number of ether oxygens (including phenoxy) is 1. The third-order valence-corrected chi connectivity index (χ3v) is 3.84. The van der Waals surface area contributed by atoms with Gasteiger partial charge in [-0.1, -0.05) is 18.2 Å². The summed E-state index contributed by atoms with van der Waals surface area (Å²) in [6.45, 7) is 2.10. The highest BCUT2D eigenvalue weighted by atomic mass is 32.2. The van der Waals surface area contributed by atoms with E-state index in [-0.39, 0.29) is 17.3 Å². The highest BCUT2D eigenvalue weighted by Crippen LogP contribution is 2.22. The van der Waals surface area contributed by atoms with E-state index in [1.807, 2.05) is 6.07 Å². The average molecular weight is 333 g/mol. The van der Waals surface area contributed by atoms with E-state index < -0.39 is 11.7 Å². The molecular formula is C17H16FNO3S. The third kappa shape index (κ3) is 5.10. The molecule has 0 aromatic heterocycles. The van der Waals surface area contributed by atoms with E-state index in [4.69, 9.17) is 4.74 Å². The Hall–Kier alpha value is -2.34. The van der Waals surface area contributed by atoms with E-state index in [2.05, 4.69) is 5.32 Å². The molecule has 0 saturated heterocycles. The number of thioether (sulfide) groups is 1. The summed E-state index contributed by atoms with van der Waals surface area (Å²) >= 11 is 1.31. The summed E-state index contributed by atoms with van der Waals surface area (Å²) in [5, 5.41) is 2.64. The second-order valence-electron chi connectivity index (χ2n) is 4.56. The predicted octanol–water partition coefficient (Wildman–Crippen LogP) is 3.73. The van der Waals surface area contributed by atoms with Crippen molar-refractivity contribution in [1.82, 2.24) is 0 Å². The number of carbonyl (C=O) groups is 2. The topological polar surface area (TPSA) is 55.4 Å². The van der Waals surface area contributed by atoms with Crippen LogP contribution in [0.3, 0.4) is 0 Å². The Balaban J connectivity index is 2.01. The monoisotopic (exact) mass is 333 g/mol. The van der Waals surface area contributed by atoms with Crippen molar-refractivity contribution < 1.29 is 18.7 Å². The summed E-state index contributed by atoms with van der Waals surface area (Å²) in [6.07, 6.45) is 0. The van der Waals surface area contributed by atoms with Gasteiger partial charge in [0.2, 0.25) is 0 Å². The van der Waals surface area contributed by atoms with Crippen LogP contribution in [-0.2, 0) is 9.53 Å². The van der Waals surface area contributed by atoms with Crippen LogP contribution in [0.1, 0.15) is 17.3 Å².